The molecule has 0 atom stereocenters. The second kappa shape index (κ2) is 8.05. The molecule has 6 nitrogen and oxygen atoms in total. The lowest BCUT2D eigenvalue weighted by Crippen LogP contribution is -2.19. The van der Waals surface area contributed by atoms with Crippen LogP contribution in [0.15, 0.2) is 84.0 Å². The SMILES string of the molecule is CC(=NNC(=O)c1cccc([N+](=O)[O-])c1)c1ccc(-c2ccccc2)cc1. The van der Waals surface area contributed by atoms with Crippen molar-refractivity contribution in [2.24, 2.45) is 5.10 Å². The van der Waals surface area contributed by atoms with E-state index in [-0.39, 0.29) is 11.3 Å². The molecule has 0 aliphatic carbocycles. The Hall–Kier alpha value is -3.80. The molecule has 0 saturated heterocycles. The molecule has 134 valence electrons. The van der Waals surface area contributed by atoms with Crippen LogP contribution in [0, 0.1) is 10.1 Å². The standard InChI is InChI=1S/C21H17N3O3/c1-15(16-10-12-18(13-11-16)17-6-3-2-4-7-17)22-23-21(25)19-8-5-9-20(14-19)24(26)27/h2-14H,1H3,(H,23,25). The van der Waals surface area contributed by atoms with Crippen LogP contribution in [0.4, 0.5) is 5.69 Å². The molecular formula is C21H17N3O3. The summed E-state index contributed by atoms with van der Waals surface area (Å²) in [7, 11) is 0. The summed E-state index contributed by atoms with van der Waals surface area (Å²) < 4.78 is 0. The number of amides is 1. The molecule has 0 saturated carbocycles. The second-order valence-electron chi connectivity index (χ2n) is 5.89. The second-order valence-corrected chi connectivity index (χ2v) is 5.89. The average Bonchev–Trinajstić information content (AvgIpc) is 2.72. The van der Waals surface area contributed by atoms with E-state index in [1.54, 1.807) is 6.92 Å². The lowest BCUT2D eigenvalue weighted by Gasteiger charge is -2.05. The molecule has 6 heteroatoms. The van der Waals surface area contributed by atoms with E-state index in [2.05, 4.69) is 10.5 Å². The number of nitro benzene ring substituents is 1. The Balaban J connectivity index is 1.71. The molecular weight excluding hydrogens is 342 g/mol. The Labute approximate surface area is 156 Å². The molecule has 0 spiro atoms. The van der Waals surface area contributed by atoms with Crippen molar-refractivity contribution in [3.8, 4) is 11.1 Å². The number of benzene rings is 3. The van der Waals surface area contributed by atoms with E-state index in [0.717, 1.165) is 16.7 Å². The van der Waals surface area contributed by atoms with Crippen molar-refractivity contribution in [3.05, 3.63) is 100 Å². The summed E-state index contributed by atoms with van der Waals surface area (Å²) in [6.07, 6.45) is 0. The van der Waals surface area contributed by atoms with Crippen molar-refractivity contribution in [2.45, 2.75) is 6.92 Å². The van der Waals surface area contributed by atoms with Crippen molar-refractivity contribution < 1.29 is 9.72 Å². The minimum Gasteiger partial charge on any atom is -0.267 e. The third-order valence-corrected chi connectivity index (χ3v) is 4.05. The van der Waals surface area contributed by atoms with Crippen LogP contribution in [-0.4, -0.2) is 16.5 Å². The third kappa shape index (κ3) is 4.43. The summed E-state index contributed by atoms with van der Waals surface area (Å²) in [5, 5.41) is 14.9. The maximum Gasteiger partial charge on any atom is 0.271 e. The Morgan fingerprint density at radius 1 is 0.889 bits per heavy atom. The first-order valence-corrected chi connectivity index (χ1v) is 8.29. The minimum absolute atomic E-state index is 0.139. The van der Waals surface area contributed by atoms with Crippen molar-refractivity contribution in [2.75, 3.05) is 0 Å². The van der Waals surface area contributed by atoms with Gasteiger partial charge in [-0.1, -0.05) is 60.7 Å². The average molecular weight is 359 g/mol. The number of carbonyl (C=O) groups is 1. The van der Waals surface area contributed by atoms with Crippen LogP contribution >= 0.6 is 0 Å². The Kier molecular flexibility index (Phi) is 5.37. The monoisotopic (exact) mass is 359 g/mol. The number of hydrazone groups is 1. The summed E-state index contributed by atoms with van der Waals surface area (Å²) in [5.74, 6) is -0.501. The summed E-state index contributed by atoms with van der Waals surface area (Å²) in [4.78, 5) is 22.4. The van der Waals surface area contributed by atoms with Gasteiger partial charge < -0.3 is 0 Å². The lowest BCUT2D eigenvalue weighted by atomic mass is 10.0. The molecule has 3 rings (SSSR count). The molecule has 0 fully saturated rings. The fourth-order valence-electron chi connectivity index (χ4n) is 2.56. The molecule has 3 aromatic carbocycles. The van der Waals surface area contributed by atoms with E-state index in [1.165, 1.54) is 24.3 Å². The molecule has 0 heterocycles. The smallest absolute Gasteiger partial charge is 0.267 e. The van der Waals surface area contributed by atoms with Crippen molar-refractivity contribution >= 4 is 17.3 Å². The first-order chi connectivity index (χ1) is 13.0. The van der Waals surface area contributed by atoms with Crippen LogP contribution in [0.3, 0.4) is 0 Å². The number of hydrogen-bond acceptors (Lipinski definition) is 4. The zero-order valence-electron chi connectivity index (χ0n) is 14.6. The zero-order valence-corrected chi connectivity index (χ0v) is 14.6. The molecule has 1 amide bonds. The van der Waals surface area contributed by atoms with E-state index in [0.29, 0.717) is 5.71 Å². The van der Waals surface area contributed by atoms with Gasteiger partial charge in [-0.15, -0.1) is 0 Å². The molecule has 1 N–H and O–H groups in total. The Morgan fingerprint density at radius 2 is 1.56 bits per heavy atom. The predicted octanol–water partition coefficient (Wildman–Crippen LogP) is 4.42. The number of hydrogen-bond donors (Lipinski definition) is 1. The van der Waals surface area contributed by atoms with E-state index in [1.807, 2.05) is 54.6 Å². The molecule has 27 heavy (non-hydrogen) atoms. The van der Waals surface area contributed by atoms with Crippen LogP contribution in [0.1, 0.15) is 22.8 Å². The van der Waals surface area contributed by atoms with Gasteiger partial charge in [0, 0.05) is 17.7 Å². The van der Waals surface area contributed by atoms with E-state index in [4.69, 9.17) is 0 Å². The van der Waals surface area contributed by atoms with Crippen LogP contribution in [0.2, 0.25) is 0 Å². The maximum atomic E-state index is 12.2. The van der Waals surface area contributed by atoms with Gasteiger partial charge in [0.25, 0.3) is 11.6 Å². The van der Waals surface area contributed by atoms with Crippen molar-refractivity contribution in [1.82, 2.24) is 5.43 Å². The highest BCUT2D eigenvalue weighted by Crippen LogP contribution is 2.19. The van der Waals surface area contributed by atoms with Crippen molar-refractivity contribution in [3.63, 3.8) is 0 Å². The minimum atomic E-state index is -0.542. The summed E-state index contributed by atoms with van der Waals surface area (Å²) >= 11 is 0. The van der Waals surface area contributed by atoms with Crippen LogP contribution in [-0.2, 0) is 0 Å². The fraction of sp³-hybridized carbons (Fsp3) is 0.0476. The van der Waals surface area contributed by atoms with Gasteiger partial charge in [0.15, 0.2) is 0 Å². The van der Waals surface area contributed by atoms with Crippen LogP contribution in [0.5, 0.6) is 0 Å². The maximum absolute atomic E-state index is 12.2. The Bertz CT molecular complexity index is 997. The van der Waals surface area contributed by atoms with Crippen molar-refractivity contribution in [1.29, 1.82) is 0 Å². The Morgan fingerprint density at radius 3 is 2.22 bits per heavy atom. The number of rotatable bonds is 5. The van der Waals surface area contributed by atoms with Gasteiger partial charge in [-0.3, -0.25) is 14.9 Å². The molecule has 0 aromatic heterocycles. The number of nitro groups is 1. The molecule has 0 aliphatic rings. The summed E-state index contributed by atoms with van der Waals surface area (Å²) in [6, 6.07) is 23.4. The highest BCUT2D eigenvalue weighted by atomic mass is 16.6. The topological polar surface area (TPSA) is 84.6 Å². The van der Waals surface area contributed by atoms with Crippen LogP contribution < -0.4 is 5.43 Å². The lowest BCUT2D eigenvalue weighted by molar-refractivity contribution is -0.384. The number of nitrogens with one attached hydrogen (secondary N) is 1. The third-order valence-electron chi connectivity index (χ3n) is 4.05. The van der Waals surface area contributed by atoms with Gasteiger partial charge in [-0.05, 0) is 29.7 Å². The highest BCUT2D eigenvalue weighted by Gasteiger charge is 2.11. The zero-order chi connectivity index (χ0) is 19.2. The predicted molar refractivity (Wildman–Crippen MR) is 105 cm³/mol. The van der Waals surface area contributed by atoms with Gasteiger partial charge in [0.1, 0.15) is 0 Å². The molecule has 0 unspecified atom stereocenters. The fourth-order valence-corrected chi connectivity index (χ4v) is 2.56. The van der Waals surface area contributed by atoms with Gasteiger partial charge in [0.2, 0.25) is 0 Å². The van der Waals surface area contributed by atoms with Gasteiger partial charge in [-0.2, -0.15) is 5.10 Å². The molecule has 0 aliphatic heterocycles. The molecule has 3 aromatic rings. The largest absolute Gasteiger partial charge is 0.271 e. The number of nitrogens with zero attached hydrogens (tertiary/aromatic N) is 2. The molecule has 0 radical (unpaired) electrons. The van der Waals surface area contributed by atoms with Gasteiger partial charge in [0.05, 0.1) is 10.6 Å². The van der Waals surface area contributed by atoms with Gasteiger partial charge in [-0.25, -0.2) is 5.43 Å². The van der Waals surface area contributed by atoms with E-state index >= 15 is 0 Å². The number of non-ortho nitro benzene ring substituents is 1. The summed E-state index contributed by atoms with van der Waals surface area (Å²) in [6.45, 7) is 1.78. The highest BCUT2D eigenvalue weighted by molar-refractivity contribution is 6.01. The first kappa shape index (κ1) is 18.0. The van der Waals surface area contributed by atoms with E-state index in [9.17, 15) is 14.9 Å². The van der Waals surface area contributed by atoms with E-state index < -0.39 is 10.8 Å². The normalized spacial score (nSPS) is 11.1. The quantitative estimate of drug-likeness (QED) is 0.416. The first-order valence-electron chi connectivity index (χ1n) is 8.29. The summed E-state index contributed by atoms with van der Waals surface area (Å²) in [5.41, 5.74) is 6.19. The number of carbonyl (C=O) groups excluding carboxylic acids is 1. The molecule has 0 bridgehead atoms. The van der Waals surface area contributed by atoms with Gasteiger partial charge >= 0.3 is 0 Å². The van der Waals surface area contributed by atoms with Crippen LogP contribution in [0.25, 0.3) is 11.1 Å².